The van der Waals surface area contributed by atoms with Crippen molar-refractivity contribution in [1.29, 1.82) is 0 Å². The summed E-state index contributed by atoms with van der Waals surface area (Å²) in [4.78, 5) is 23.9. The topological polar surface area (TPSA) is 97.8 Å². The second-order valence-corrected chi connectivity index (χ2v) is 9.85. The average molecular weight is 556 g/mol. The van der Waals surface area contributed by atoms with Gasteiger partial charge < -0.3 is 24.8 Å². The smallest absolute Gasteiger partial charge is 0.248 e. The lowest BCUT2D eigenvalue weighted by atomic mass is 10.1. The fraction of sp³-hybridized carbons (Fsp3) is 0.393. The van der Waals surface area contributed by atoms with Crippen molar-refractivity contribution in [2.75, 3.05) is 56.7 Å². The molecule has 0 radical (unpaired) electrons. The molecule has 11 heteroatoms. The molecule has 39 heavy (non-hydrogen) atoms. The highest BCUT2D eigenvalue weighted by Crippen LogP contribution is 2.34. The molecule has 3 aromatic rings. The Bertz CT molecular complexity index is 1330. The molecule has 2 aliphatic heterocycles. The summed E-state index contributed by atoms with van der Waals surface area (Å²) in [6.07, 6.45) is 7.71. The largest absolute Gasteiger partial charge is 0.489 e. The van der Waals surface area contributed by atoms with Crippen LogP contribution in [0.3, 0.4) is 0 Å². The van der Waals surface area contributed by atoms with E-state index in [0.29, 0.717) is 53.6 Å². The Balaban J connectivity index is 1.38. The van der Waals surface area contributed by atoms with Gasteiger partial charge in [0.15, 0.2) is 0 Å². The maximum atomic E-state index is 13.6. The number of fused-ring (bicyclic) bond motifs is 1. The van der Waals surface area contributed by atoms with Crippen molar-refractivity contribution in [2.24, 2.45) is 0 Å². The van der Waals surface area contributed by atoms with Gasteiger partial charge in [-0.25, -0.2) is 14.4 Å². The molecule has 0 unspecified atom stereocenters. The number of ether oxygens (including phenoxy) is 3. The predicted octanol–water partition coefficient (Wildman–Crippen LogP) is 4.94. The van der Waals surface area contributed by atoms with Gasteiger partial charge in [-0.15, -0.1) is 0 Å². The van der Waals surface area contributed by atoms with Crippen LogP contribution in [0.4, 0.5) is 21.6 Å². The molecule has 2 N–H and O–H groups in total. The first-order chi connectivity index (χ1) is 19.0. The van der Waals surface area contributed by atoms with E-state index in [9.17, 15) is 9.18 Å². The minimum absolute atomic E-state index is 0.00405. The number of hydrogen-bond donors (Lipinski definition) is 2. The summed E-state index contributed by atoms with van der Waals surface area (Å²) in [5.74, 6) is 0.172. The molecule has 0 spiro atoms. The summed E-state index contributed by atoms with van der Waals surface area (Å²) in [6, 6.07) is 7.87. The van der Waals surface area contributed by atoms with Crippen molar-refractivity contribution >= 4 is 45.6 Å². The molecule has 2 aromatic carbocycles. The number of amides is 1. The quantitative estimate of drug-likeness (QED) is 0.358. The molecular weight excluding hydrogens is 525 g/mol. The zero-order chi connectivity index (χ0) is 27.0. The predicted molar refractivity (Wildman–Crippen MR) is 148 cm³/mol. The molecule has 1 amide bonds. The normalized spacial score (nSPS) is 18.4. The summed E-state index contributed by atoms with van der Waals surface area (Å²) in [7, 11) is 0. The minimum atomic E-state index is -0.509. The third-order valence-corrected chi connectivity index (χ3v) is 6.86. The summed E-state index contributed by atoms with van der Waals surface area (Å²) >= 11 is 5.95. The summed E-state index contributed by atoms with van der Waals surface area (Å²) in [6.45, 7) is 5.00. The maximum Gasteiger partial charge on any atom is 0.248 e. The standard InChI is InChI=1S/C28H31ClFN5O4/c29-22-14-19(6-7-23(22)30)33-28-21-15-25(34-27(36)5-1-8-35-9-3-11-37-13-10-35)26(16-24(21)31-18-32-28)39-17-20-4-2-12-38-20/h1,5-7,14-16,18,20H,2-4,8-13,17H2,(H,34,36)(H,31,32,33)/b5-1+/t20-/m0/s1. The van der Waals surface area contributed by atoms with Gasteiger partial charge in [-0.1, -0.05) is 17.7 Å². The van der Waals surface area contributed by atoms with Gasteiger partial charge in [0.25, 0.3) is 0 Å². The number of hydrogen-bond acceptors (Lipinski definition) is 8. The first-order valence-electron chi connectivity index (χ1n) is 13.1. The van der Waals surface area contributed by atoms with E-state index in [-0.39, 0.29) is 17.0 Å². The van der Waals surface area contributed by atoms with Crippen molar-refractivity contribution in [3.05, 3.63) is 59.7 Å². The molecule has 1 aromatic heterocycles. The first kappa shape index (κ1) is 27.3. The van der Waals surface area contributed by atoms with Gasteiger partial charge in [0, 0.05) is 56.1 Å². The Kier molecular flexibility index (Phi) is 9.20. The number of nitrogens with one attached hydrogen (secondary N) is 2. The van der Waals surface area contributed by atoms with E-state index in [1.807, 2.05) is 6.08 Å². The van der Waals surface area contributed by atoms with Gasteiger partial charge in [-0.3, -0.25) is 9.69 Å². The second-order valence-electron chi connectivity index (χ2n) is 9.45. The van der Waals surface area contributed by atoms with Crippen molar-refractivity contribution in [1.82, 2.24) is 14.9 Å². The number of halogens is 2. The number of aromatic nitrogens is 2. The van der Waals surface area contributed by atoms with E-state index >= 15 is 0 Å². The number of rotatable bonds is 9. The number of anilines is 3. The molecule has 0 bridgehead atoms. The van der Waals surface area contributed by atoms with Crippen molar-refractivity contribution in [3.63, 3.8) is 0 Å². The average Bonchev–Trinajstić information content (AvgIpc) is 3.32. The van der Waals surface area contributed by atoms with E-state index in [4.69, 9.17) is 25.8 Å². The third kappa shape index (κ3) is 7.42. The SMILES string of the molecule is O=C(/C=C/CN1CCCOCC1)Nc1cc2c(Nc3ccc(F)c(Cl)c3)ncnc2cc1OC[C@@H]1CCCO1. The van der Waals surface area contributed by atoms with Crippen LogP contribution in [0, 0.1) is 5.82 Å². The lowest BCUT2D eigenvalue weighted by Crippen LogP contribution is -2.26. The summed E-state index contributed by atoms with van der Waals surface area (Å²) < 4.78 is 30.9. The Morgan fingerprint density at radius 2 is 2.10 bits per heavy atom. The zero-order valence-corrected chi connectivity index (χ0v) is 22.3. The van der Waals surface area contributed by atoms with E-state index in [1.54, 1.807) is 18.2 Å². The van der Waals surface area contributed by atoms with Gasteiger partial charge in [0.2, 0.25) is 5.91 Å². The van der Waals surface area contributed by atoms with Crippen LogP contribution >= 0.6 is 11.6 Å². The Hall–Kier alpha value is -3.31. The molecule has 1 atom stereocenters. The number of benzene rings is 2. The highest BCUT2D eigenvalue weighted by Gasteiger charge is 2.19. The van der Waals surface area contributed by atoms with Crippen LogP contribution in [0.2, 0.25) is 5.02 Å². The van der Waals surface area contributed by atoms with E-state index < -0.39 is 5.82 Å². The maximum absolute atomic E-state index is 13.6. The molecule has 9 nitrogen and oxygen atoms in total. The minimum Gasteiger partial charge on any atom is -0.489 e. The van der Waals surface area contributed by atoms with Gasteiger partial charge in [0.05, 0.1) is 28.9 Å². The molecule has 0 aliphatic carbocycles. The van der Waals surface area contributed by atoms with Gasteiger partial charge in [-0.2, -0.15) is 0 Å². The highest BCUT2D eigenvalue weighted by atomic mass is 35.5. The van der Waals surface area contributed by atoms with E-state index in [0.717, 1.165) is 45.6 Å². The lowest BCUT2D eigenvalue weighted by Gasteiger charge is -2.17. The van der Waals surface area contributed by atoms with Crippen molar-refractivity contribution in [3.8, 4) is 5.75 Å². The van der Waals surface area contributed by atoms with Crippen LogP contribution in [0.5, 0.6) is 5.75 Å². The summed E-state index contributed by atoms with van der Waals surface area (Å²) in [5, 5.41) is 6.75. The van der Waals surface area contributed by atoms with E-state index in [2.05, 4.69) is 25.5 Å². The number of carbonyl (C=O) groups excluding carboxylic acids is 1. The molecule has 5 rings (SSSR count). The molecule has 2 saturated heterocycles. The fourth-order valence-corrected chi connectivity index (χ4v) is 4.71. The molecule has 3 heterocycles. The zero-order valence-electron chi connectivity index (χ0n) is 21.5. The van der Waals surface area contributed by atoms with Gasteiger partial charge >= 0.3 is 0 Å². The van der Waals surface area contributed by atoms with Crippen LogP contribution in [-0.2, 0) is 14.3 Å². The molecule has 206 valence electrons. The molecule has 0 saturated carbocycles. The molecular formula is C28H31ClFN5O4. The van der Waals surface area contributed by atoms with Crippen LogP contribution in [0.25, 0.3) is 10.9 Å². The third-order valence-electron chi connectivity index (χ3n) is 6.57. The van der Waals surface area contributed by atoms with Crippen LogP contribution < -0.4 is 15.4 Å². The number of carbonyl (C=O) groups is 1. The Morgan fingerprint density at radius 3 is 2.95 bits per heavy atom. The van der Waals surface area contributed by atoms with Crippen LogP contribution in [0.15, 0.2) is 48.8 Å². The van der Waals surface area contributed by atoms with Gasteiger partial charge in [0.1, 0.15) is 30.3 Å². The second kappa shape index (κ2) is 13.2. The van der Waals surface area contributed by atoms with Crippen LogP contribution in [-0.4, -0.2) is 72.9 Å². The van der Waals surface area contributed by atoms with Crippen LogP contribution in [0.1, 0.15) is 19.3 Å². The van der Waals surface area contributed by atoms with Crippen molar-refractivity contribution < 1.29 is 23.4 Å². The number of nitrogens with zero attached hydrogens (tertiary/aromatic N) is 3. The fourth-order valence-electron chi connectivity index (χ4n) is 4.53. The van der Waals surface area contributed by atoms with Crippen molar-refractivity contribution in [2.45, 2.75) is 25.4 Å². The van der Waals surface area contributed by atoms with Gasteiger partial charge in [-0.05, 0) is 43.5 Å². The monoisotopic (exact) mass is 555 g/mol. The first-order valence-corrected chi connectivity index (χ1v) is 13.5. The summed E-state index contributed by atoms with van der Waals surface area (Å²) in [5.41, 5.74) is 1.65. The molecule has 2 fully saturated rings. The Morgan fingerprint density at radius 1 is 1.18 bits per heavy atom. The lowest BCUT2D eigenvalue weighted by molar-refractivity contribution is -0.111. The van der Waals surface area contributed by atoms with E-state index in [1.165, 1.54) is 24.5 Å². The Labute approximate surface area is 231 Å². The highest BCUT2D eigenvalue weighted by molar-refractivity contribution is 6.31. The molecule has 2 aliphatic rings.